The van der Waals surface area contributed by atoms with Crippen LogP contribution in [-0.4, -0.2) is 13.3 Å². The Labute approximate surface area is 71.8 Å². The predicted octanol–water partition coefficient (Wildman–Crippen LogP) is 2.65. The largest absolute Gasteiger partial charge is 0.331 e. The molecule has 66 valence electrons. The lowest BCUT2D eigenvalue weighted by Crippen LogP contribution is -2.13. The van der Waals surface area contributed by atoms with Crippen molar-refractivity contribution < 1.29 is 0 Å². The van der Waals surface area contributed by atoms with Gasteiger partial charge in [-0.1, -0.05) is 45.6 Å². The summed E-state index contributed by atoms with van der Waals surface area (Å²) >= 11 is 0. The quantitative estimate of drug-likeness (QED) is 0.562. The van der Waals surface area contributed by atoms with Gasteiger partial charge in [0.15, 0.2) is 0 Å². The van der Waals surface area contributed by atoms with Gasteiger partial charge in [-0.3, -0.25) is 0 Å². The van der Waals surface area contributed by atoms with Crippen molar-refractivity contribution in [3.63, 3.8) is 0 Å². The fourth-order valence-electron chi connectivity index (χ4n) is 1.66. The Morgan fingerprint density at radius 2 is 1.55 bits per heavy atom. The molecule has 0 saturated carbocycles. The maximum absolute atomic E-state index is 5.47. The average Bonchev–Trinajstić information content (AvgIpc) is 2.01. The first kappa shape index (κ1) is 11.0. The molecule has 0 aliphatic rings. The fourth-order valence-corrected chi connectivity index (χ4v) is 1.66. The smallest absolute Gasteiger partial charge is 0.139 e. The van der Waals surface area contributed by atoms with E-state index in [1.165, 1.54) is 38.2 Å². The molecule has 0 heterocycles. The number of nitrogens with two attached hydrogens (primary N) is 1. The third-order valence-corrected chi connectivity index (χ3v) is 2.21. The molecule has 11 heavy (non-hydrogen) atoms. The third kappa shape index (κ3) is 6.42. The van der Waals surface area contributed by atoms with Crippen LogP contribution < -0.4 is 5.73 Å². The van der Waals surface area contributed by atoms with Crippen LogP contribution in [0.25, 0.3) is 0 Å². The molecule has 0 atom stereocenters. The van der Waals surface area contributed by atoms with Crippen LogP contribution in [0.2, 0.25) is 19.0 Å². The summed E-state index contributed by atoms with van der Waals surface area (Å²) in [6.07, 6.45) is 8.01. The lowest BCUT2D eigenvalue weighted by molar-refractivity contribution is 0.892. The van der Waals surface area contributed by atoms with Crippen molar-refractivity contribution in [3.05, 3.63) is 0 Å². The van der Waals surface area contributed by atoms with Gasteiger partial charge in [0.1, 0.15) is 6.71 Å². The van der Waals surface area contributed by atoms with Gasteiger partial charge in [-0.25, -0.2) is 0 Å². The SMILES string of the molecule is CCCB(CCC)CCCN. The Morgan fingerprint density at radius 1 is 1.00 bits per heavy atom. The van der Waals surface area contributed by atoms with Gasteiger partial charge in [0.2, 0.25) is 0 Å². The lowest BCUT2D eigenvalue weighted by Gasteiger charge is -2.09. The molecule has 0 spiro atoms. The van der Waals surface area contributed by atoms with E-state index in [-0.39, 0.29) is 0 Å². The summed E-state index contributed by atoms with van der Waals surface area (Å²) in [6.45, 7) is 6.36. The highest BCUT2D eigenvalue weighted by Crippen LogP contribution is 2.11. The molecular weight excluding hydrogens is 133 g/mol. The molecule has 1 nitrogen and oxygen atoms in total. The molecule has 0 aromatic rings. The van der Waals surface area contributed by atoms with Crippen LogP contribution in [0, 0.1) is 0 Å². The van der Waals surface area contributed by atoms with Crippen LogP contribution in [0.5, 0.6) is 0 Å². The zero-order chi connectivity index (χ0) is 8.53. The molecule has 0 fully saturated rings. The van der Waals surface area contributed by atoms with Crippen molar-refractivity contribution >= 4 is 6.71 Å². The minimum absolute atomic E-state index is 0.865. The maximum Gasteiger partial charge on any atom is 0.139 e. The second kappa shape index (κ2) is 8.12. The highest BCUT2D eigenvalue weighted by Gasteiger charge is 2.09. The molecule has 0 rings (SSSR count). The summed E-state index contributed by atoms with van der Waals surface area (Å²) in [4.78, 5) is 0. The average molecular weight is 155 g/mol. The molecule has 0 aromatic carbocycles. The fraction of sp³-hybridized carbons (Fsp3) is 1.00. The molecule has 0 amide bonds. The molecule has 0 bridgehead atoms. The van der Waals surface area contributed by atoms with E-state index in [1.807, 2.05) is 0 Å². The van der Waals surface area contributed by atoms with Gasteiger partial charge in [-0.15, -0.1) is 0 Å². The summed E-state index contributed by atoms with van der Waals surface area (Å²) in [5, 5.41) is 0. The Bertz CT molecular complexity index is 70.0. The Hall–Kier alpha value is 0.0249. The minimum Gasteiger partial charge on any atom is -0.331 e. The van der Waals surface area contributed by atoms with Gasteiger partial charge < -0.3 is 5.73 Å². The number of hydrogen-bond donors (Lipinski definition) is 1. The van der Waals surface area contributed by atoms with Crippen LogP contribution in [-0.2, 0) is 0 Å². The van der Waals surface area contributed by atoms with Crippen LogP contribution in [0.3, 0.4) is 0 Å². The standard InChI is InChI=1S/C9H22BN/c1-3-6-10(7-4-2)8-5-9-11/h3-9,11H2,1-2H3. The molecule has 0 aromatic heterocycles. The van der Waals surface area contributed by atoms with Crippen molar-refractivity contribution in [1.82, 2.24) is 0 Å². The van der Waals surface area contributed by atoms with E-state index in [0.717, 1.165) is 13.3 Å². The zero-order valence-electron chi connectivity index (χ0n) is 8.10. The second-order valence-corrected chi connectivity index (χ2v) is 3.37. The van der Waals surface area contributed by atoms with Crippen LogP contribution in [0.4, 0.5) is 0 Å². The highest BCUT2D eigenvalue weighted by atomic mass is 14.5. The first-order chi connectivity index (χ1) is 5.35. The molecule has 0 radical (unpaired) electrons. The van der Waals surface area contributed by atoms with E-state index in [2.05, 4.69) is 13.8 Å². The molecule has 2 N–H and O–H groups in total. The van der Waals surface area contributed by atoms with Gasteiger partial charge >= 0.3 is 0 Å². The van der Waals surface area contributed by atoms with Gasteiger partial charge in [-0.2, -0.15) is 0 Å². The summed E-state index contributed by atoms with van der Waals surface area (Å²) in [6, 6.07) is 0. The van der Waals surface area contributed by atoms with E-state index in [4.69, 9.17) is 5.73 Å². The molecule has 0 aliphatic carbocycles. The van der Waals surface area contributed by atoms with Gasteiger partial charge in [0.05, 0.1) is 0 Å². The van der Waals surface area contributed by atoms with E-state index in [9.17, 15) is 0 Å². The van der Waals surface area contributed by atoms with Gasteiger partial charge in [-0.05, 0) is 13.0 Å². The summed E-state index contributed by atoms with van der Waals surface area (Å²) in [5.41, 5.74) is 5.47. The summed E-state index contributed by atoms with van der Waals surface area (Å²) < 4.78 is 0. The van der Waals surface area contributed by atoms with Crippen molar-refractivity contribution in [2.75, 3.05) is 6.54 Å². The Kier molecular flexibility index (Phi) is 8.14. The molecule has 0 saturated heterocycles. The van der Waals surface area contributed by atoms with Crippen LogP contribution in [0.15, 0.2) is 0 Å². The number of hydrogen-bond acceptors (Lipinski definition) is 1. The highest BCUT2D eigenvalue weighted by molar-refractivity contribution is 6.58. The minimum atomic E-state index is 0.865. The Morgan fingerprint density at radius 3 is 1.91 bits per heavy atom. The van der Waals surface area contributed by atoms with E-state index < -0.39 is 0 Å². The van der Waals surface area contributed by atoms with Gasteiger partial charge in [0, 0.05) is 0 Å². The van der Waals surface area contributed by atoms with E-state index >= 15 is 0 Å². The summed E-state index contributed by atoms with van der Waals surface area (Å²) in [7, 11) is 0. The van der Waals surface area contributed by atoms with Crippen molar-refractivity contribution in [2.45, 2.75) is 52.1 Å². The zero-order valence-corrected chi connectivity index (χ0v) is 8.10. The van der Waals surface area contributed by atoms with E-state index in [1.54, 1.807) is 0 Å². The molecule has 0 unspecified atom stereocenters. The van der Waals surface area contributed by atoms with Crippen molar-refractivity contribution in [1.29, 1.82) is 0 Å². The van der Waals surface area contributed by atoms with Crippen molar-refractivity contribution in [2.24, 2.45) is 5.73 Å². The topological polar surface area (TPSA) is 26.0 Å². The first-order valence-electron chi connectivity index (χ1n) is 5.05. The third-order valence-electron chi connectivity index (χ3n) is 2.21. The van der Waals surface area contributed by atoms with Crippen LogP contribution in [0.1, 0.15) is 33.1 Å². The van der Waals surface area contributed by atoms with Gasteiger partial charge in [0.25, 0.3) is 0 Å². The molecule has 2 heteroatoms. The maximum atomic E-state index is 5.47. The van der Waals surface area contributed by atoms with Crippen LogP contribution >= 0.6 is 0 Å². The van der Waals surface area contributed by atoms with E-state index in [0.29, 0.717) is 0 Å². The normalized spacial score (nSPS) is 10.1. The molecular formula is C9H22BN. The summed E-state index contributed by atoms with van der Waals surface area (Å²) in [5.74, 6) is 0. The Balaban J connectivity index is 3.34. The molecule has 0 aliphatic heterocycles. The van der Waals surface area contributed by atoms with Crippen molar-refractivity contribution in [3.8, 4) is 0 Å². The number of rotatable bonds is 7. The first-order valence-corrected chi connectivity index (χ1v) is 5.05. The second-order valence-electron chi connectivity index (χ2n) is 3.37. The lowest BCUT2D eigenvalue weighted by atomic mass is 9.41. The monoisotopic (exact) mass is 155 g/mol. The predicted molar refractivity (Wildman–Crippen MR) is 54.4 cm³/mol.